The van der Waals surface area contributed by atoms with E-state index in [2.05, 4.69) is 14.2 Å². The van der Waals surface area contributed by atoms with E-state index >= 15 is 0 Å². The Balaban J connectivity index is 3.14. The van der Waals surface area contributed by atoms with Gasteiger partial charge in [0.2, 0.25) is 0 Å². The van der Waals surface area contributed by atoms with Crippen LogP contribution in [0, 0.1) is 0 Å². The van der Waals surface area contributed by atoms with Gasteiger partial charge in [0.1, 0.15) is 6.61 Å². The van der Waals surface area contributed by atoms with Crippen LogP contribution in [-0.2, 0) is 25.6 Å². The SMILES string of the molecule is COC(=O)c1cc(COC=O)cc(C(=O)OC)c1. The molecule has 0 fully saturated rings. The Bertz CT molecular complexity index is 431. The zero-order chi connectivity index (χ0) is 13.5. The Hall–Kier alpha value is -2.37. The van der Waals surface area contributed by atoms with Crippen LogP contribution in [0.2, 0.25) is 0 Å². The Morgan fingerprint density at radius 1 is 1.06 bits per heavy atom. The number of ether oxygens (including phenoxy) is 3. The van der Waals surface area contributed by atoms with Crippen LogP contribution < -0.4 is 0 Å². The summed E-state index contributed by atoms with van der Waals surface area (Å²) in [5, 5.41) is 0. The van der Waals surface area contributed by atoms with Crippen molar-refractivity contribution in [2.24, 2.45) is 0 Å². The number of carbonyl (C=O) groups excluding carboxylic acids is 3. The third-order valence-corrected chi connectivity index (χ3v) is 2.15. The molecular weight excluding hydrogens is 240 g/mol. The molecule has 6 heteroatoms. The van der Waals surface area contributed by atoms with Crippen LogP contribution in [0.3, 0.4) is 0 Å². The maximum Gasteiger partial charge on any atom is 0.337 e. The smallest absolute Gasteiger partial charge is 0.337 e. The monoisotopic (exact) mass is 252 g/mol. The average molecular weight is 252 g/mol. The Morgan fingerprint density at radius 3 is 1.94 bits per heavy atom. The summed E-state index contributed by atoms with van der Waals surface area (Å²) in [6.07, 6.45) is 0. The Labute approximate surface area is 103 Å². The van der Waals surface area contributed by atoms with Crippen molar-refractivity contribution in [3.63, 3.8) is 0 Å². The highest BCUT2D eigenvalue weighted by Gasteiger charge is 2.13. The molecule has 0 spiro atoms. The second-order valence-electron chi connectivity index (χ2n) is 3.31. The molecular formula is C12H12O6. The fourth-order valence-electron chi connectivity index (χ4n) is 1.38. The molecule has 0 heterocycles. The molecule has 0 N–H and O–H groups in total. The van der Waals surface area contributed by atoms with Gasteiger partial charge in [-0.1, -0.05) is 0 Å². The maximum absolute atomic E-state index is 11.4. The van der Waals surface area contributed by atoms with Gasteiger partial charge in [-0.15, -0.1) is 0 Å². The highest BCUT2D eigenvalue weighted by Crippen LogP contribution is 2.13. The van der Waals surface area contributed by atoms with E-state index in [1.165, 1.54) is 32.4 Å². The first-order chi connectivity index (χ1) is 8.62. The van der Waals surface area contributed by atoms with Crippen LogP contribution in [0.4, 0.5) is 0 Å². The third kappa shape index (κ3) is 3.31. The van der Waals surface area contributed by atoms with Crippen LogP contribution in [0.5, 0.6) is 0 Å². The van der Waals surface area contributed by atoms with Crippen molar-refractivity contribution >= 4 is 18.4 Å². The summed E-state index contributed by atoms with van der Waals surface area (Å²) in [4.78, 5) is 33.0. The minimum Gasteiger partial charge on any atom is -0.465 e. The van der Waals surface area contributed by atoms with Crippen LogP contribution in [0.25, 0.3) is 0 Å². The Kier molecular flexibility index (Phi) is 4.86. The van der Waals surface area contributed by atoms with Crippen molar-refractivity contribution in [3.05, 3.63) is 34.9 Å². The van der Waals surface area contributed by atoms with Gasteiger partial charge in [0.25, 0.3) is 6.47 Å². The van der Waals surface area contributed by atoms with Gasteiger partial charge in [0.15, 0.2) is 0 Å². The minimum absolute atomic E-state index is 0.0433. The standard InChI is InChI=1S/C12H12O6/c1-16-11(14)9-3-8(6-18-7-13)4-10(5-9)12(15)17-2/h3-5,7H,6H2,1-2H3. The zero-order valence-electron chi connectivity index (χ0n) is 9.97. The second kappa shape index (κ2) is 6.39. The summed E-state index contributed by atoms with van der Waals surface area (Å²) in [5.74, 6) is -1.18. The molecule has 6 nitrogen and oxygen atoms in total. The van der Waals surface area contributed by atoms with Gasteiger partial charge in [-0.05, 0) is 23.8 Å². The molecule has 1 aromatic carbocycles. The van der Waals surface area contributed by atoms with E-state index in [0.717, 1.165) is 0 Å². The number of hydrogen-bond acceptors (Lipinski definition) is 6. The first-order valence-corrected chi connectivity index (χ1v) is 4.98. The second-order valence-corrected chi connectivity index (χ2v) is 3.31. The lowest BCUT2D eigenvalue weighted by molar-refractivity contribution is -0.129. The first kappa shape index (κ1) is 13.7. The van der Waals surface area contributed by atoms with E-state index in [4.69, 9.17) is 0 Å². The topological polar surface area (TPSA) is 78.9 Å². The summed E-state index contributed by atoms with van der Waals surface area (Å²) < 4.78 is 13.7. The molecule has 0 aliphatic rings. The highest BCUT2D eigenvalue weighted by molar-refractivity contribution is 5.95. The van der Waals surface area contributed by atoms with Crippen LogP contribution >= 0.6 is 0 Å². The van der Waals surface area contributed by atoms with E-state index in [1.807, 2.05) is 0 Å². The third-order valence-electron chi connectivity index (χ3n) is 2.15. The lowest BCUT2D eigenvalue weighted by Gasteiger charge is -2.07. The molecule has 96 valence electrons. The molecule has 0 radical (unpaired) electrons. The van der Waals surface area contributed by atoms with Gasteiger partial charge in [-0.3, -0.25) is 4.79 Å². The van der Waals surface area contributed by atoms with Gasteiger partial charge < -0.3 is 14.2 Å². The Morgan fingerprint density at radius 2 is 1.56 bits per heavy atom. The molecule has 1 rings (SSSR count). The summed E-state index contributed by atoms with van der Waals surface area (Å²) >= 11 is 0. The molecule has 1 aromatic rings. The van der Waals surface area contributed by atoms with Crippen molar-refractivity contribution in [1.82, 2.24) is 0 Å². The zero-order valence-corrected chi connectivity index (χ0v) is 9.97. The average Bonchev–Trinajstić information content (AvgIpc) is 2.42. The molecule has 0 atom stereocenters. The van der Waals surface area contributed by atoms with Gasteiger partial charge in [0, 0.05) is 0 Å². The molecule has 0 saturated carbocycles. The molecule has 0 aliphatic heterocycles. The van der Waals surface area contributed by atoms with Crippen molar-refractivity contribution in [2.75, 3.05) is 14.2 Å². The quantitative estimate of drug-likeness (QED) is 0.440. The number of esters is 2. The van der Waals surface area contributed by atoms with Crippen LogP contribution in [0.15, 0.2) is 18.2 Å². The van der Waals surface area contributed by atoms with Gasteiger partial charge in [0.05, 0.1) is 25.3 Å². The fraction of sp³-hybridized carbons (Fsp3) is 0.250. The van der Waals surface area contributed by atoms with Crippen molar-refractivity contribution in [3.8, 4) is 0 Å². The molecule has 0 aliphatic carbocycles. The largest absolute Gasteiger partial charge is 0.465 e. The molecule has 0 amide bonds. The van der Waals surface area contributed by atoms with Crippen LogP contribution in [-0.4, -0.2) is 32.6 Å². The van der Waals surface area contributed by atoms with E-state index in [-0.39, 0.29) is 24.2 Å². The summed E-state index contributed by atoms with van der Waals surface area (Å²) in [5.41, 5.74) is 0.861. The van der Waals surface area contributed by atoms with E-state index < -0.39 is 11.9 Å². The van der Waals surface area contributed by atoms with Crippen molar-refractivity contribution in [2.45, 2.75) is 6.61 Å². The normalized spacial score (nSPS) is 9.44. The van der Waals surface area contributed by atoms with Crippen molar-refractivity contribution < 1.29 is 28.6 Å². The summed E-state index contributed by atoms with van der Waals surface area (Å²) in [7, 11) is 2.46. The predicted octanol–water partition coefficient (Wildman–Crippen LogP) is 0.933. The number of carbonyl (C=O) groups is 3. The van der Waals surface area contributed by atoms with E-state index in [9.17, 15) is 14.4 Å². The predicted molar refractivity (Wildman–Crippen MR) is 60.0 cm³/mol. The van der Waals surface area contributed by atoms with Crippen molar-refractivity contribution in [1.29, 1.82) is 0 Å². The lowest BCUT2D eigenvalue weighted by atomic mass is 10.1. The minimum atomic E-state index is -0.590. The van der Waals surface area contributed by atoms with E-state index in [1.54, 1.807) is 0 Å². The molecule has 18 heavy (non-hydrogen) atoms. The molecule has 0 unspecified atom stereocenters. The molecule has 0 aromatic heterocycles. The number of rotatable bonds is 5. The van der Waals surface area contributed by atoms with Gasteiger partial charge >= 0.3 is 11.9 Å². The number of benzene rings is 1. The molecule has 0 saturated heterocycles. The summed E-state index contributed by atoms with van der Waals surface area (Å²) in [6.45, 7) is 0.237. The first-order valence-electron chi connectivity index (χ1n) is 4.98. The molecule has 0 bridgehead atoms. The highest BCUT2D eigenvalue weighted by atomic mass is 16.5. The lowest BCUT2D eigenvalue weighted by Crippen LogP contribution is -2.08. The van der Waals surface area contributed by atoms with Gasteiger partial charge in [-0.25, -0.2) is 9.59 Å². The maximum atomic E-state index is 11.4. The van der Waals surface area contributed by atoms with E-state index in [0.29, 0.717) is 5.56 Å². The number of methoxy groups -OCH3 is 2. The van der Waals surface area contributed by atoms with Crippen LogP contribution in [0.1, 0.15) is 26.3 Å². The summed E-state index contributed by atoms with van der Waals surface area (Å²) in [6, 6.07) is 4.30. The number of hydrogen-bond donors (Lipinski definition) is 0. The fourth-order valence-corrected chi connectivity index (χ4v) is 1.38. The van der Waals surface area contributed by atoms with Gasteiger partial charge in [-0.2, -0.15) is 0 Å².